The molecule has 0 fully saturated rings. The molecule has 0 radical (unpaired) electrons. The van der Waals surface area contributed by atoms with E-state index >= 15 is 0 Å². The Kier molecular flexibility index (Phi) is 6.15. The third-order valence-electron chi connectivity index (χ3n) is 2.78. The third-order valence-corrected chi connectivity index (χ3v) is 2.78. The maximum Gasteiger partial charge on any atom is 0.251 e. The first-order valence-corrected chi connectivity index (χ1v) is 6.56. The first kappa shape index (κ1) is 15.3. The molecule has 0 aliphatic rings. The second-order valence-electron chi connectivity index (χ2n) is 4.36. The number of nitrogen functional groups attached to an aromatic ring is 1. The predicted octanol–water partition coefficient (Wildman–Crippen LogP) is 1.56. The lowest BCUT2D eigenvalue weighted by molar-refractivity contribution is 0.0915. The van der Waals surface area contributed by atoms with Crippen molar-refractivity contribution in [2.45, 2.75) is 32.7 Å². The number of nitrogens with two attached hydrogens (primary N) is 1. The van der Waals surface area contributed by atoms with Crippen molar-refractivity contribution in [3.05, 3.63) is 23.8 Å². The van der Waals surface area contributed by atoms with E-state index in [9.17, 15) is 4.79 Å². The maximum atomic E-state index is 11.9. The van der Waals surface area contributed by atoms with Crippen molar-refractivity contribution in [1.82, 2.24) is 5.32 Å². The summed E-state index contributed by atoms with van der Waals surface area (Å²) in [5.74, 6) is 0.349. The standard InChI is InChI=1S/C14H22N2O3/c1-3-7-19-13-6-5-10(8-12(13)15)14(18)16-11(4-2)9-17/h5-6,8,11,17H,3-4,7,9,15H2,1-2H3,(H,16,18). The molecule has 1 rings (SSSR count). The smallest absolute Gasteiger partial charge is 0.251 e. The molecule has 0 spiro atoms. The quantitative estimate of drug-likeness (QED) is 0.654. The van der Waals surface area contributed by atoms with Gasteiger partial charge in [-0.1, -0.05) is 13.8 Å². The summed E-state index contributed by atoms with van der Waals surface area (Å²) in [6, 6.07) is 4.72. The van der Waals surface area contributed by atoms with E-state index in [1.165, 1.54) is 0 Å². The lowest BCUT2D eigenvalue weighted by Gasteiger charge is -2.15. The van der Waals surface area contributed by atoms with Crippen molar-refractivity contribution < 1.29 is 14.6 Å². The Balaban J connectivity index is 2.74. The summed E-state index contributed by atoms with van der Waals surface area (Å²) in [5, 5.41) is 11.8. The Morgan fingerprint density at radius 3 is 2.74 bits per heavy atom. The van der Waals surface area contributed by atoms with Gasteiger partial charge in [0, 0.05) is 5.56 Å². The van der Waals surface area contributed by atoms with Crippen LogP contribution < -0.4 is 15.8 Å². The molecule has 0 aliphatic carbocycles. The largest absolute Gasteiger partial charge is 0.491 e. The van der Waals surface area contributed by atoms with E-state index in [1.54, 1.807) is 18.2 Å². The number of nitrogens with one attached hydrogen (secondary N) is 1. The minimum absolute atomic E-state index is 0.0740. The van der Waals surface area contributed by atoms with Gasteiger partial charge in [-0.2, -0.15) is 0 Å². The van der Waals surface area contributed by atoms with Crippen LogP contribution >= 0.6 is 0 Å². The summed E-state index contributed by atoms with van der Waals surface area (Å²) in [4.78, 5) is 11.9. The van der Waals surface area contributed by atoms with Crippen LogP contribution in [0.1, 0.15) is 37.0 Å². The molecule has 1 unspecified atom stereocenters. The Bertz CT molecular complexity index is 417. The topological polar surface area (TPSA) is 84.6 Å². The minimum Gasteiger partial charge on any atom is -0.491 e. The van der Waals surface area contributed by atoms with Crippen LogP contribution in [-0.2, 0) is 0 Å². The van der Waals surface area contributed by atoms with Crippen molar-refractivity contribution in [3.63, 3.8) is 0 Å². The van der Waals surface area contributed by atoms with Crippen molar-refractivity contribution >= 4 is 11.6 Å². The highest BCUT2D eigenvalue weighted by Gasteiger charge is 2.12. The van der Waals surface area contributed by atoms with Crippen LogP contribution in [0.5, 0.6) is 5.75 Å². The SMILES string of the molecule is CCCOc1ccc(C(=O)NC(CC)CO)cc1N. The average molecular weight is 266 g/mol. The molecule has 1 aromatic rings. The number of amides is 1. The number of aliphatic hydroxyl groups excluding tert-OH is 1. The molecule has 1 aromatic carbocycles. The number of benzene rings is 1. The number of aliphatic hydroxyl groups is 1. The van der Waals surface area contributed by atoms with Crippen LogP contribution in [0, 0.1) is 0 Å². The molecule has 1 amide bonds. The third kappa shape index (κ3) is 4.44. The van der Waals surface area contributed by atoms with E-state index in [-0.39, 0.29) is 18.6 Å². The molecule has 0 aromatic heterocycles. The van der Waals surface area contributed by atoms with Gasteiger partial charge >= 0.3 is 0 Å². The summed E-state index contributed by atoms with van der Waals surface area (Å²) in [5.41, 5.74) is 6.75. The number of hydrogen-bond donors (Lipinski definition) is 3. The number of carbonyl (C=O) groups is 1. The molecule has 4 N–H and O–H groups in total. The molecule has 1 atom stereocenters. The van der Waals surface area contributed by atoms with E-state index in [1.807, 2.05) is 13.8 Å². The fourth-order valence-corrected chi connectivity index (χ4v) is 1.58. The van der Waals surface area contributed by atoms with E-state index in [0.29, 0.717) is 30.0 Å². The molecular formula is C14H22N2O3. The number of rotatable bonds is 7. The van der Waals surface area contributed by atoms with Crippen LogP contribution in [0.4, 0.5) is 5.69 Å². The van der Waals surface area contributed by atoms with Gasteiger partial charge in [-0.3, -0.25) is 4.79 Å². The molecule has 106 valence electrons. The first-order valence-electron chi connectivity index (χ1n) is 6.56. The van der Waals surface area contributed by atoms with Crippen LogP contribution in [-0.4, -0.2) is 30.3 Å². The Hall–Kier alpha value is -1.75. The van der Waals surface area contributed by atoms with Gasteiger partial charge in [0.05, 0.1) is 24.9 Å². The second kappa shape index (κ2) is 7.63. The number of ether oxygens (including phenoxy) is 1. The second-order valence-corrected chi connectivity index (χ2v) is 4.36. The summed E-state index contributed by atoms with van der Waals surface area (Å²) >= 11 is 0. The molecule has 0 heterocycles. The summed E-state index contributed by atoms with van der Waals surface area (Å²) < 4.78 is 5.45. The van der Waals surface area contributed by atoms with Crippen molar-refractivity contribution in [3.8, 4) is 5.75 Å². The average Bonchev–Trinajstić information content (AvgIpc) is 2.43. The van der Waals surface area contributed by atoms with E-state index in [0.717, 1.165) is 6.42 Å². The maximum absolute atomic E-state index is 11.9. The zero-order valence-corrected chi connectivity index (χ0v) is 11.5. The van der Waals surface area contributed by atoms with Gasteiger partial charge in [0.2, 0.25) is 0 Å². The fourth-order valence-electron chi connectivity index (χ4n) is 1.58. The molecule has 0 saturated carbocycles. The van der Waals surface area contributed by atoms with Crippen molar-refractivity contribution in [2.75, 3.05) is 18.9 Å². The monoisotopic (exact) mass is 266 g/mol. The number of hydrogen-bond acceptors (Lipinski definition) is 4. The van der Waals surface area contributed by atoms with Gasteiger partial charge < -0.3 is 20.9 Å². The lowest BCUT2D eigenvalue weighted by atomic mass is 10.1. The van der Waals surface area contributed by atoms with Crippen LogP contribution in [0.2, 0.25) is 0 Å². The molecule has 0 saturated heterocycles. The predicted molar refractivity (Wildman–Crippen MR) is 75.3 cm³/mol. The highest BCUT2D eigenvalue weighted by Crippen LogP contribution is 2.22. The van der Waals surface area contributed by atoms with Gasteiger partial charge in [-0.05, 0) is 31.0 Å². The first-order chi connectivity index (χ1) is 9.12. The highest BCUT2D eigenvalue weighted by molar-refractivity contribution is 5.95. The molecule has 5 nitrogen and oxygen atoms in total. The van der Waals surface area contributed by atoms with Gasteiger partial charge in [0.15, 0.2) is 0 Å². The Morgan fingerprint density at radius 2 is 2.21 bits per heavy atom. The molecule has 0 bridgehead atoms. The lowest BCUT2D eigenvalue weighted by Crippen LogP contribution is -2.36. The van der Waals surface area contributed by atoms with Crippen LogP contribution in [0.25, 0.3) is 0 Å². The fraction of sp³-hybridized carbons (Fsp3) is 0.500. The number of carbonyl (C=O) groups excluding carboxylic acids is 1. The van der Waals surface area contributed by atoms with Crippen LogP contribution in [0.3, 0.4) is 0 Å². The van der Waals surface area contributed by atoms with E-state index in [4.69, 9.17) is 15.6 Å². The highest BCUT2D eigenvalue weighted by atomic mass is 16.5. The van der Waals surface area contributed by atoms with E-state index < -0.39 is 0 Å². The minimum atomic E-state index is -0.241. The van der Waals surface area contributed by atoms with E-state index in [2.05, 4.69) is 5.32 Å². The van der Waals surface area contributed by atoms with Gasteiger partial charge in [-0.15, -0.1) is 0 Å². The summed E-state index contributed by atoms with van der Waals surface area (Å²) in [6.07, 6.45) is 1.58. The van der Waals surface area contributed by atoms with Gasteiger partial charge in [0.1, 0.15) is 5.75 Å². The molecular weight excluding hydrogens is 244 g/mol. The zero-order valence-electron chi connectivity index (χ0n) is 11.5. The number of anilines is 1. The Labute approximate surface area is 113 Å². The van der Waals surface area contributed by atoms with Crippen molar-refractivity contribution in [2.24, 2.45) is 0 Å². The van der Waals surface area contributed by atoms with Crippen LogP contribution in [0.15, 0.2) is 18.2 Å². The molecule has 19 heavy (non-hydrogen) atoms. The molecule has 0 aliphatic heterocycles. The Morgan fingerprint density at radius 1 is 1.47 bits per heavy atom. The normalized spacial score (nSPS) is 11.9. The molecule has 5 heteroatoms. The van der Waals surface area contributed by atoms with Crippen molar-refractivity contribution in [1.29, 1.82) is 0 Å². The summed E-state index contributed by atoms with van der Waals surface area (Å²) in [6.45, 7) is 4.43. The zero-order chi connectivity index (χ0) is 14.3. The van der Waals surface area contributed by atoms with Gasteiger partial charge in [0.25, 0.3) is 5.91 Å². The summed E-state index contributed by atoms with van der Waals surface area (Å²) in [7, 11) is 0. The van der Waals surface area contributed by atoms with Gasteiger partial charge in [-0.25, -0.2) is 0 Å².